The van der Waals surface area contributed by atoms with Crippen LogP contribution in [0.25, 0.3) is 0 Å². The lowest BCUT2D eigenvalue weighted by atomic mass is 10.1. The SMILES string of the molecule is CC(=O)c1cccc(S(=O)(=O)Nc2cnn(C3CCOCC3)c2)c1. The van der Waals surface area contributed by atoms with E-state index in [1.807, 2.05) is 0 Å². The van der Waals surface area contributed by atoms with Gasteiger partial charge in [-0.15, -0.1) is 0 Å². The Kier molecular flexibility index (Phi) is 4.68. The van der Waals surface area contributed by atoms with Crippen LogP contribution in [0.15, 0.2) is 41.6 Å². The van der Waals surface area contributed by atoms with Crippen molar-refractivity contribution in [2.24, 2.45) is 0 Å². The number of anilines is 1. The Morgan fingerprint density at radius 2 is 2.08 bits per heavy atom. The molecule has 7 nitrogen and oxygen atoms in total. The molecule has 8 heteroatoms. The summed E-state index contributed by atoms with van der Waals surface area (Å²) < 4.78 is 34.6. The summed E-state index contributed by atoms with van der Waals surface area (Å²) >= 11 is 0. The van der Waals surface area contributed by atoms with Crippen LogP contribution in [-0.2, 0) is 14.8 Å². The molecule has 128 valence electrons. The summed E-state index contributed by atoms with van der Waals surface area (Å²) in [4.78, 5) is 11.5. The van der Waals surface area contributed by atoms with Crippen molar-refractivity contribution < 1.29 is 17.9 Å². The van der Waals surface area contributed by atoms with Gasteiger partial charge >= 0.3 is 0 Å². The van der Waals surface area contributed by atoms with Gasteiger partial charge in [0.05, 0.1) is 22.8 Å². The second kappa shape index (κ2) is 6.74. The predicted octanol–water partition coefficient (Wildman–Crippen LogP) is 2.24. The maximum Gasteiger partial charge on any atom is 0.262 e. The standard InChI is InChI=1S/C16H19N3O4S/c1-12(20)13-3-2-4-16(9-13)24(21,22)18-14-10-17-19(11-14)15-5-7-23-8-6-15/h2-4,9-11,15,18H,5-8H2,1H3. The van der Waals surface area contributed by atoms with Gasteiger partial charge in [0.1, 0.15) is 0 Å². The molecule has 0 atom stereocenters. The molecule has 1 N–H and O–H groups in total. The van der Waals surface area contributed by atoms with Gasteiger partial charge in [-0.25, -0.2) is 8.42 Å². The first kappa shape index (κ1) is 16.7. The Morgan fingerprint density at radius 3 is 2.79 bits per heavy atom. The first-order chi connectivity index (χ1) is 11.5. The molecule has 0 amide bonds. The number of hydrogen-bond acceptors (Lipinski definition) is 5. The molecule has 1 saturated heterocycles. The van der Waals surface area contributed by atoms with Gasteiger partial charge in [0.25, 0.3) is 10.0 Å². The van der Waals surface area contributed by atoms with Crippen LogP contribution in [-0.4, -0.2) is 37.2 Å². The molecule has 1 aromatic carbocycles. The molecule has 0 saturated carbocycles. The Hall–Kier alpha value is -2.19. The third kappa shape index (κ3) is 3.65. The highest BCUT2D eigenvalue weighted by molar-refractivity contribution is 7.92. The van der Waals surface area contributed by atoms with E-state index < -0.39 is 10.0 Å². The third-order valence-electron chi connectivity index (χ3n) is 3.97. The van der Waals surface area contributed by atoms with Crippen LogP contribution in [0.3, 0.4) is 0 Å². The lowest BCUT2D eigenvalue weighted by Gasteiger charge is -2.22. The summed E-state index contributed by atoms with van der Waals surface area (Å²) in [5, 5.41) is 4.24. The summed E-state index contributed by atoms with van der Waals surface area (Å²) in [6.07, 6.45) is 4.88. The molecule has 3 rings (SSSR count). The van der Waals surface area contributed by atoms with Crippen LogP contribution >= 0.6 is 0 Å². The molecule has 1 aromatic heterocycles. The largest absolute Gasteiger partial charge is 0.381 e. The molecule has 2 aromatic rings. The van der Waals surface area contributed by atoms with E-state index in [4.69, 9.17) is 4.74 Å². The Morgan fingerprint density at radius 1 is 1.33 bits per heavy atom. The maximum absolute atomic E-state index is 12.5. The number of nitrogens with one attached hydrogen (secondary N) is 1. The highest BCUT2D eigenvalue weighted by atomic mass is 32.2. The zero-order valence-corrected chi connectivity index (χ0v) is 14.1. The van der Waals surface area contributed by atoms with Crippen LogP contribution in [0.4, 0.5) is 5.69 Å². The van der Waals surface area contributed by atoms with Crippen molar-refractivity contribution in [3.8, 4) is 0 Å². The van der Waals surface area contributed by atoms with Crippen LogP contribution < -0.4 is 4.72 Å². The van der Waals surface area contributed by atoms with Gasteiger partial charge in [0.15, 0.2) is 5.78 Å². The van der Waals surface area contributed by atoms with E-state index in [0.29, 0.717) is 24.5 Å². The highest BCUT2D eigenvalue weighted by Gasteiger charge is 2.19. The monoisotopic (exact) mass is 349 g/mol. The van der Waals surface area contributed by atoms with E-state index in [9.17, 15) is 13.2 Å². The predicted molar refractivity (Wildman–Crippen MR) is 88.6 cm³/mol. The fourth-order valence-corrected chi connectivity index (χ4v) is 3.71. The summed E-state index contributed by atoms with van der Waals surface area (Å²) in [5.41, 5.74) is 0.755. The molecule has 1 aliphatic heterocycles. The molecule has 2 heterocycles. The minimum Gasteiger partial charge on any atom is -0.381 e. The van der Waals surface area contributed by atoms with Gasteiger partial charge in [-0.1, -0.05) is 12.1 Å². The van der Waals surface area contributed by atoms with Gasteiger partial charge in [-0.3, -0.25) is 14.2 Å². The van der Waals surface area contributed by atoms with E-state index in [-0.39, 0.29) is 16.7 Å². The Balaban J connectivity index is 1.78. The topological polar surface area (TPSA) is 90.3 Å². The molecule has 1 fully saturated rings. The molecule has 0 radical (unpaired) electrons. The molecule has 0 spiro atoms. The second-order valence-corrected chi connectivity index (χ2v) is 7.42. The number of carbonyl (C=O) groups is 1. The van der Waals surface area contributed by atoms with Crippen molar-refractivity contribution in [3.05, 3.63) is 42.2 Å². The van der Waals surface area contributed by atoms with Crippen LogP contribution in [0.1, 0.15) is 36.2 Å². The summed E-state index contributed by atoms with van der Waals surface area (Å²) in [7, 11) is -3.77. The first-order valence-corrected chi connectivity index (χ1v) is 9.20. The fraction of sp³-hybridized carbons (Fsp3) is 0.375. The third-order valence-corrected chi connectivity index (χ3v) is 5.35. The van der Waals surface area contributed by atoms with Crippen LogP contribution in [0.5, 0.6) is 0 Å². The summed E-state index contributed by atoms with van der Waals surface area (Å²) in [5.74, 6) is -0.181. The number of rotatable bonds is 5. The molecular formula is C16H19N3O4S. The Labute approximate surface area is 140 Å². The van der Waals surface area contributed by atoms with E-state index >= 15 is 0 Å². The lowest BCUT2D eigenvalue weighted by Crippen LogP contribution is -2.19. The van der Waals surface area contributed by atoms with Gasteiger partial charge in [0, 0.05) is 25.0 Å². The van der Waals surface area contributed by atoms with Crippen molar-refractivity contribution in [2.75, 3.05) is 17.9 Å². The minimum absolute atomic E-state index is 0.0500. The lowest BCUT2D eigenvalue weighted by molar-refractivity contribution is 0.0662. The van der Waals surface area contributed by atoms with Crippen molar-refractivity contribution in [1.29, 1.82) is 0 Å². The fourth-order valence-electron chi connectivity index (χ4n) is 2.64. The molecule has 1 aliphatic rings. The number of Topliss-reactive ketones (excluding diaryl/α,β-unsaturated/α-hetero) is 1. The number of benzene rings is 1. The molecule has 0 bridgehead atoms. The molecule has 24 heavy (non-hydrogen) atoms. The summed E-state index contributed by atoms with van der Waals surface area (Å²) in [6.45, 7) is 2.77. The van der Waals surface area contributed by atoms with Crippen molar-refractivity contribution in [1.82, 2.24) is 9.78 Å². The normalized spacial score (nSPS) is 16.0. The number of aromatic nitrogens is 2. The first-order valence-electron chi connectivity index (χ1n) is 7.71. The van der Waals surface area contributed by atoms with Crippen molar-refractivity contribution in [2.45, 2.75) is 30.7 Å². The molecule has 0 aliphatic carbocycles. The van der Waals surface area contributed by atoms with E-state index in [2.05, 4.69) is 9.82 Å². The van der Waals surface area contributed by atoms with Crippen molar-refractivity contribution in [3.63, 3.8) is 0 Å². The average Bonchev–Trinajstić information content (AvgIpc) is 3.03. The zero-order valence-electron chi connectivity index (χ0n) is 13.3. The maximum atomic E-state index is 12.5. The minimum atomic E-state index is -3.77. The van der Waals surface area contributed by atoms with Gasteiger partial charge in [-0.05, 0) is 31.9 Å². The molecule has 0 unspecified atom stereocenters. The van der Waals surface area contributed by atoms with Crippen LogP contribution in [0, 0.1) is 0 Å². The number of nitrogens with zero attached hydrogens (tertiary/aromatic N) is 2. The number of sulfonamides is 1. The van der Waals surface area contributed by atoms with E-state index in [1.165, 1.54) is 25.3 Å². The summed E-state index contributed by atoms with van der Waals surface area (Å²) in [6, 6.07) is 6.19. The number of ether oxygens (including phenoxy) is 1. The number of ketones is 1. The second-order valence-electron chi connectivity index (χ2n) is 5.74. The number of carbonyl (C=O) groups excluding carboxylic acids is 1. The van der Waals surface area contributed by atoms with Gasteiger partial charge < -0.3 is 4.74 Å². The smallest absolute Gasteiger partial charge is 0.262 e. The van der Waals surface area contributed by atoms with E-state index in [0.717, 1.165) is 12.8 Å². The van der Waals surface area contributed by atoms with Crippen LogP contribution in [0.2, 0.25) is 0 Å². The number of hydrogen-bond donors (Lipinski definition) is 1. The highest BCUT2D eigenvalue weighted by Crippen LogP contribution is 2.23. The zero-order chi connectivity index (χ0) is 17.2. The average molecular weight is 349 g/mol. The van der Waals surface area contributed by atoms with E-state index in [1.54, 1.807) is 23.0 Å². The van der Waals surface area contributed by atoms with Gasteiger partial charge in [0.2, 0.25) is 0 Å². The molecular weight excluding hydrogens is 330 g/mol. The quantitative estimate of drug-likeness (QED) is 0.836. The van der Waals surface area contributed by atoms with Gasteiger partial charge in [-0.2, -0.15) is 5.10 Å². The van der Waals surface area contributed by atoms with Crippen molar-refractivity contribution >= 4 is 21.5 Å². The Bertz CT molecular complexity index is 839.